The van der Waals surface area contributed by atoms with Crippen LogP contribution >= 0.6 is 11.3 Å². The molecule has 0 spiro atoms. The van der Waals surface area contributed by atoms with Crippen LogP contribution in [-0.2, 0) is 19.6 Å². The largest absolute Gasteiger partial charge is 0.476 e. The number of nitrogen functional groups attached to an aromatic ring is 1. The number of ether oxygens (including phenoxy) is 1. The van der Waals surface area contributed by atoms with Gasteiger partial charge >= 0.3 is 23.9 Å². The maximum absolute atomic E-state index is 14.1. The van der Waals surface area contributed by atoms with Gasteiger partial charge in [0.2, 0.25) is 21.7 Å². The summed E-state index contributed by atoms with van der Waals surface area (Å²) in [4.78, 5) is 42.6. The van der Waals surface area contributed by atoms with E-state index >= 15 is 0 Å². The van der Waals surface area contributed by atoms with Crippen LogP contribution in [0.3, 0.4) is 0 Å². The highest BCUT2D eigenvalue weighted by Gasteiger charge is 2.54. The van der Waals surface area contributed by atoms with Gasteiger partial charge in [-0.05, 0) is 57.0 Å². The number of aromatic nitrogens is 2. The zero-order valence-corrected chi connectivity index (χ0v) is 28.4. The highest BCUT2D eigenvalue weighted by molar-refractivity contribution is 7.89. The molecular weight excluding hydrogens is 756 g/mol. The first-order chi connectivity index (χ1) is 24.3. The first kappa shape index (κ1) is 40.5. The van der Waals surface area contributed by atoms with Gasteiger partial charge in [0.05, 0.1) is 11.8 Å². The van der Waals surface area contributed by atoms with Crippen LogP contribution in [0.1, 0.15) is 40.9 Å². The Bertz CT molecular complexity index is 1810. The number of nitrogens with two attached hydrogens (primary N) is 1. The molecule has 2 saturated heterocycles. The lowest BCUT2D eigenvalue weighted by Gasteiger charge is -2.31. The standard InChI is InChI=1S/C26H30F2N6O4S2.C4F6O2/c27-19-4-3-5-20(28)22(19)23(35)24-25(29)32-26(39-24)31-17-8-12-34(13-9-17)40(36,37)18-6-7-21(30-16-18)38-15-14-33-10-1-2-11-33;5-3(6,7)1(11)2(12)4(8,9)10/h3-7,16-17H,1-2,8-15,29H2,(H,31,32);. The fraction of sp³-hybridized carbons (Fsp3) is 0.433. The van der Waals surface area contributed by atoms with Crippen molar-refractivity contribution in [3.05, 3.63) is 58.6 Å². The summed E-state index contributed by atoms with van der Waals surface area (Å²) >= 11 is 0.906. The average molecular weight is 787 g/mol. The van der Waals surface area contributed by atoms with Crippen LogP contribution in [0.5, 0.6) is 5.88 Å². The van der Waals surface area contributed by atoms with E-state index in [1.165, 1.54) is 35.5 Å². The van der Waals surface area contributed by atoms with E-state index in [4.69, 9.17) is 10.5 Å². The first-order valence-electron chi connectivity index (χ1n) is 15.3. The quantitative estimate of drug-likeness (QED) is 0.158. The minimum Gasteiger partial charge on any atom is -0.476 e. The van der Waals surface area contributed by atoms with Crippen LogP contribution in [-0.4, -0.2) is 103 Å². The SMILES string of the molecule is Nc1nc(NC2CCN(S(=O)(=O)c3ccc(OCCN4CCCC4)nc3)CC2)sc1C(=O)c1c(F)cccc1F.O=C(C(=O)C(F)(F)F)C(F)(F)F. The van der Waals surface area contributed by atoms with Crippen LogP contribution in [0, 0.1) is 11.6 Å². The van der Waals surface area contributed by atoms with E-state index in [0.717, 1.165) is 43.1 Å². The summed E-state index contributed by atoms with van der Waals surface area (Å²) in [7, 11) is -3.73. The first-order valence-corrected chi connectivity index (χ1v) is 17.6. The van der Waals surface area contributed by atoms with Gasteiger partial charge < -0.3 is 15.8 Å². The third kappa shape index (κ3) is 10.2. The molecule has 3 aromatic rings. The zero-order chi connectivity index (χ0) is 38.4. The topological polar surface area (TPSA) is 165 Å². The van der Waals surface area contributed by atoms with Gasteiger partial charge in [0, 0.05) is 31.7 Å². The number of nitrogens with zero attached hydrogens (tertiary/aromatic N) is 4. The summed E-state index contributed by atoms with van der Waals surface area (Å²) in [6, 6.07) is 6.13. The molecule has 2 aliphatic heterocycles. The van der Waals surface area contributed by atoms with Gasteiger partial charge in [-0.1, -0.05) is 17.4 Å². The second-order valence-electron chi connectivity index (χ2n) is 11.4. The van der Waals surface area contributed by atoms with Crippen LogP contribution < -0.4 is 15.8 Å². The number of thiazole rings is 1. The molecule has 4 heterocycles. The third-order valence-electron chi connectivity index (χ3n) is 7.76. The molecule has 0 amide bonds. The van der Waals surface area contributed by atoms with E-state index in [9.17, 15) is 57.9 Å². The molecule has 22 heteroatoms. The summed E-state index contributed by atoms with van der Waals surface area (Å²) < 4.78 is 129. The summed E-state index contributed by atoms with van der Waals surface area (Å²) in [6.45, 7) is 4.01. The number of carbonyl (C=O) groups excluding carboxylic acids is 3. The minimum absolute atomic E-state index is 0.0671. The van der Waals surface area contributed by atoms with Gasteiger partial charge in [-0.3, -0.25) is 19.3 Å². The molecule has 2 aliphatic rings. The number of carbonyl (C=O) groups is 3. The Balaban J connectivity index is 0.000000434. The number of sulfonamides is 1. The monoisotopic (exact) mass is 786 g/mol. The second-order valence-corrected chi connectivity index (χ2v) is 14.3. The number of halogens is 8. The van der Waals surface area contributed by atoms with E-state index in [0.29, 0.717) is 30.5 Å². The number of likely N-dealkylation sites (tertiary alicyclic amines) is 1. The smallest absolute Gasteiger partial charge is 0.458 e. The highest BCUT2D eigenvalue weighted by atomic mass is 32.2. The van der Waals surface area contributed by atoms with Crippen molar-refractivity contribution in [3.8, 4) is 5.88 Å². The Morgan fingerprint density at radius 2 is 1.50 bits per heavy atom. The van der Waals surface area contributed by atoms with Gasteiger partial charge in [0.1, 0.15) is 33.8 Å². The van der Waals surface area contributed by atoms with Crippen molar-refractivity contribution in [2.75, 3.05) is 50.4 Å². The molecule has 0 saturated carbocycles. The summed E-state index contributed by atoms with van der Waals surface area (Å²) in [6.07, 6.45) is -6.85. The van der Waals surface area contributed by atoms with E-state index in [-0.39, 0.29) is 34.7 Å². The number of rotatable bonds is 11. The Morgan fingerprint density at radius 1 is 0.923 bits per heavy atom. The Morgan fingerprint density at radius 3 is 2.02 bits per heavy atom. The van der Waals surface area contributed by atoms with E-state index < -0.39 is 56.9 Å². The van der Waals surface area contributed by atoms with Crippen LogP contribution in [0.25, 0.3) is 0 Å². The van der Waals surface area contributed by atoms with Crippen molar-refractivity contribution in [2.45, 2.75) is 49.0 Å². The molecule has 0 atom stereocenters. The lowest BCUT2D eigenvalue weighted by molar-refractivity contribution is -0.193. The fourth-order valence-corrected chi connectivity index (χ4v) is 7.42. The number of benzene rings is 1. The van der Waals surface area contributed by atoms with E-state index in [1.807, 2.05) is 0 Å². The molecule has 12 nitrogen and oxygen atoms in total. The molecule has 2 aromatic heterocycles. The predicted octanol–water partition coefficient (Wildman–Crippen LogP) is 4.62. The number of anilines is 2. The van der Waals surface area contributed by atoms with Crippen molar-refractivity contribution in [1.82, 2.24) is 19.2 Å². The average Bonchev–Trinajstić information content (AvgIpc) is 3.73. The Kier molecular flexibility index (Phi) is 12.9. The van der Waals surface area contributed by atoms with Crippen molar-refractivity contribution in [2.24, 2.45) is 0 Å². The molecule has 2 fully saturated rings. The molecule has 3 N–H and O–H groups in total. The maximum Gasteiger partial charge on any atom is 0.458 e. The summed E-state index contributed by atoms with van der Waals surface area (Å²) in [5.41, 5.74) is 5.20. The molecule has 52 heavy (non-hydrogen) atoms. The summed E-state index contributed by atoms with van der Waals surface area (Å²) in [5, 5.41) is 3.49. The Labute approximate surface area is 295 Å². The lowest BCUT2D eigenvalue weighted by atomic mass is 10.1. The highest BCUT2D eigenvalue weighted by Crippen LogP contribution is 2.31. The summed E-state index contributed by atoms with van der Waals surface area (Å²) in [5.74, 6) is -9.39. The van der Waals surface area contributed by atoms with Crippen molar-refractivity contribution >= 4 is 49.7 Å². The fourth-order valence-electron chi connectivity index (χ4n) is 5.10. The van der Waals surface area contributed by atoms with Gasteiger partial charge in [-0.15, -0.1) is 0 Å². The number of hydrogen-bond donors (Lipinski definition) is 2. The minimum atomic E-state index is -5.77. The van der Waals surface area contributed by atoms with Gasteiger partial charge in [0.25, 0.3) is 0 Å². The maximum atomic E-state index is 14.1. The van der Waals surface area contributed by atoms with Crippen molar-refractivity contribution < 1.29 is 62.7 Å². The van der Waals surface area contributed by atoms with Gasteiger partial charge in [0.15, 0.2) is 5.13 Å². The second kappa shape index (κ2) is 16.6. The number of piperidine rings is 1. The molecular formula is C30H30F8N6O6S2. The molecule has 0 unspecified atom stereocenters. The zero-order valence-electron chi connectivity index (χ0n) is 26.8. The van der Waals surface area contributed by atoms with E-state index in [1.54, 1.807) is 6.07 Å². The number of pyridine rings is 1. The number of hydrogen-bond acceptors (Lipinski definition) is 12. The molecule has 5 rings (SSSR count). The third-order valence-corrected chi connectivity index (χ3v) is 10.6. The molecule has 1 aromatic carbocycles. The van der Waals surface area contributed by atoms with Crippen molar-refractivity contribution in [3.63, 3.8) is 0 Å². The van der Waals surface area contributed by atoms with Crippen LogP contribution in [0.4, 0.5) is 46.1 Å². The predicted molar refractivity (Wildman–Crippen MR) is 169 cm³/mol. The van der Waals surface area contributed by atoms with Crippen molar-refractivity contribution in [1.29, 1.82) is 0 Å². The number of nitrogens with one attached hydrogen (secondary N) is 1. The molecule has 0 bridgehead atoms. The van der Waals surface area contributed by atoms with Crippen LogP contribution in [0.15, 0.2) is 41.4 Å². The van der Waals surface area contributed by atoms with E-state index in [2.05, 4.69) is 20.2 Å². The molecule has 284 valence electrons. The Hall–Kier alpha value is -4.28. The lowest BCUT2D eigenvalue weighted by Crippen LogP contribution is -2.42. The van der Waals surface area contributed by atoms with Crippen LogP contribution in [0.2, 0.25) is 0 Å². The van der Waals surface area contributed by atoms with Gasteiger partial charge in [-0.2, -0.15) is 30.6 Å². The number of ketones is 3. The molecule has 0 aliphatic carbocycles. The number of alkyl halides is 6. The number of Topliss-reactive ketones (excluding diaryl/α,β-unsaturated/α-hetero) is 2. The van der Waals surface area contributed by atoms with Gasteiger partial charge in [-0.25, -0.2) is 27.2 Å². The molecule has 0 radical (unpaired) electrons. The normalized spacial score (nSPS) is 16.2.